The molecular formula is C23H27N3O4. The van der Waals surface area contributed by atoms with E-state index in [1.54, 1.807) is 16.1 Å². The summed E-state index contributed by atoms with van der Waals surface area (Å²) in [6.07, 6.45) is 5.57. The molecule has 3 aliphatic rings. The van der Waals surface area contributed by atoms with Gasteiger partial charge in [0, 0.05) is 38.2 Å². The van der Waals surface area contributed by atoms with Crippen LogP contribution in [0.2, 0.25) is 0 Å². The van der Waals surface area contributed by atoms with Gasteiger partial charge >= 0.3 is 0 Å². The van der Waals surface area contributed by atoms with Crippen LogP contribution >= 0.6 is 0 Å². The lowest BCUT2D eigenvalue weighted by atomic mass is 9.79. The second-order valence-corrected chi connectivity index (χ2v) is 8.58. The molecule has 1 atom stereocenters. The minimum Gasteiger partial charge on any atom is -0.467 e. The van der Waals surface area contributed by atoms with Crippen molar-refractivity contribution in [1.29, 1.82) is 0 Å². The number of piperazine rings is 1. The second kappa shape index (κ2) is 7.47. The smallest absolute Gasteiger partial charge is 0.254 e. The summed E-state index contributed by atoms with van der Waals surface area (Å²) in [5, 5.41) is 13.8. The number of aliphatic hydroxyl groups is 1. The van der Waals surface area contributed by atoms with Crippen molar-refractivity contribution < 1.29 is 19.1 Å². The number of carbonyl (C=O) groups is 2. The average Bonchev–Trinajstić information content (AvgIpc) is 3.24. The van der Waals surface area contributed by atoms with E-state index < -0.39 is 5.60 Å². The number of furan rings is 1. The van der Waals surface area contributed by atoms with Gasteiger partial charge in [0.1, 0.15) is 11.4 Å². The molecule has 7 heteroatoms. The fraction of sp³-hybridized carbons (Fsp3) is 0.478. The van der Waals surface area contributed by atoms with Crippen molar-refractivity contribution in [3.63, 3.8) is 0 Å². The summed E-state index contributed by atoms with van der Waals surface area (Å²) in [5.74, 6) is 0.816. The fourth-order valence-electron chi connectivity index (χ4n) is 4.62. The number of hydrogen-bond acceptors (Lipinski definition) is 5. The van der Waals surface area contributed by atoms with Gasteiger partial charge in [-0.2, -0.15) is 0 Å². The van der Waals surface area contributed by atoms with Crippen LogP contribution in [0.3, 0.4) is 0 Å². The van der Waals surface area contributed by atoms with E-state index >= 15 is 0 Å². The van der Waals surface area contributed by atoms with Gasteiger partial charge < -0.3 is 24.6 Å². The summed E-state index contributed by atoms with van der Waals surface area (Å²) in [5.41, 5.74) is 1.70. The largest absolute Gasteiger partial charge is 0.467 e. The third-order valence-corrected chi connectivity index (χ3v) is 6.73. The van der Waals surface area contributed by atoms with Gasteiger partial charge in [0.15, 0.2) is 0 Å². The van der Waals surface area contributed by atoms with Gasteiger partial charge in [-0.25, -0.2) is 0 Å². The van der Waals surface area contributed by atoms with Crippen molar-refractivity contribution in [3.8, 4) is 0 Å². The normalized spacial score (nSPS) is 22.6. The monoisotopic (exact) mass is 409 g/mol. The zero-order valence-corrected chi connectivity index (χ0v) is 17.0. The Labute approximate surface area is 175 Å². The quantitative estimate of drug-likeness (QED) is 0.814. The van der Waals surface area contributed by atoms with E-state index in [2.05, 4.69) is 5.32 Å². The number of aryl methyl sites for hydroxylation is 1. The Hall–Kier alpha value is -2.80. The zero-order chi connectivity index (χ0) is 20.7. The van der Waals surface area contributed by atoms with Gasteiger partial charge in [0.2, 0.25) is 0 Å². The van der Waals surface area contributed by atoms with Gasteiger partial charge in [-0.05, 0) is 49.4 Å². The molecule has 5 rings (SSSR count). The summed E-state index contributed by atoms with van der Waals surface area (Å²) < 4.78 is 5.46. The minimum atomic E-state index is -1.16. The Balaban J connectivity index is 1.19. The molecular weight excluding hydrogens is 382 g/mol. The molecule has 3 heterocycles. The molecule has 2 aromatic rings. The van der Waals surface area contributed by atoms with E-state index in [9.17, 15) is 14.7 Å². The number of nitrogens with one attached hydrogen (secondary N) is 1. The van der Waals surface area contributed by atoms with Gasteiger partial charge in [-0.1, -0.05) is 12.1 Å². The lowest BCUT2D eigenvalue weighted by molar-refractivity contribution is -0.161. The van der Waals surface area contributed by atoms with Crippen LogP contribution in [-0.2, 0) is 11.2 Å². The highest BCUT2D eigenvalue weighted by atomic mass is 16.3. The molecule has 0 bridgehead atoms. The lowest BCUT2D eigenvalue weighted by Crippen LogP contribution is -2.58. The zero-order valence-electron chi connectivity index (χ0n) is 17.0. The second-order valence-electron chi connectivity index (χ2n) is 8.58. The first-order chi connectivity index (χ1) is 14.5. The Morgan fingerprint density at radius 1 is 1.03 bits per heavy atom. The van der Waals surface area contributed by atoms with Crippen molar-refractivity contribution in [2.75, 3.05) is 31.5 Å². The van der Waals surface area contributed by atoms with E-state index in [1.807, 2.05) is 30.3 Å². The molecule has 1 aromatic carbocycles. The number of carbonyl (C=O) groups excluding carboxylic acids is 2. The molecule has 2 fully saturated rings. The van der Waals surface area contributed by atoms with Crippen LogP contribution in [0.4, 0.5) is 5.69 Å². The fourth-order valence-corrected chi connectivity index (χ4v) is 4.62. The van der Waals surface area contributed by atoms with Crippen LogP contribution in [0.5, 0.6) is 0 Å². The van der Waals surface area contributed by atoms with Crippen molar-refractivity contribution in [3.05, 3.63) is 53.5 Å². The van der Waals surface area contributed by atoms with Crippen LogP contribution < -0.4 is 5.32 Å². The molecule has 1 saturated heterocycles. The number of nitrogens with zero attached hydrogens (tertiary/aromatic N) is 2. The third kappa shape index (κ3) is 3.37. The molecule has 0 spiro atoms. The Kier molecular flexibility index (Phi) is 4.77. The standard InChI is InChI=1S/C23H27N3O4/c27-21(25-11-13-26(14-12-25)22(28)23(29)9-1-10-23)17-4-2-16(3-5-17)18-6-7-20-19(24-18)8-15-30-20/h2-5,8,15,18,24,29H,1,6-7,9-14H2. The first-order valence-corrected chi connectivity index (χ1v) is 10.8. The number of rotatable bonds is 3. The minimum absolute atomic E-state index is 0.00951. The van der Waals surface area contributed by atoms with Crippen molar-refractivity contribution in [2.24, 2.45) is 0 Å². The number of hydrogen-bond donors (Lipinski definition) is 2. The molecule has 158 valence electrons. The van der Waals surface area contributed by atoms with Crippen LogP contribution in [0, 0.1) is 0 Å². The third-order valence-electron chi connectivity index (χ3n) is 6.73. The van der Waals surface area contributed by atoms with E-state index in [-0.39, 0.29) is 17.9 Å². The van der Waals surface area contributed by atoms with Crippen molar-refractivity contribution in [1.82, 2.24) is 9.80 Å². The Bertz CT molecular complexity index is 940. The first kappa shape index (κ1) is 19.2. The molecule has 2 N–H and O–H groups in total. The van der Waals surface area contributed by atoms with E-state index in [0.29, 0.717) is 44.6 Å². The highest BCUT2D eigenvalue weighted by Crippen LogP contribution is 2.34. The maximum atomic E-state index is 12.9. The van der Waals surface area contributed by atoms with Crippen LogP contribution in [0.1, 0.15) is 53.4 Å². The summed E-state index contributed by atoms with van der Waals surface area (Å²) in [4.78, 5) is 28.9. The van der Waals surface area contributed by atoms with Crippen molar-refractivity contribution >= 4 is 17.5 Å². The molecule has 1 aliphatic carbocycles. The number of fused-ring (bicyclic) bond motifs is 1. The molecule has 2 amide bonds. The molecule has 7 nitrogen and oxygen atoms in total. The first-order valence-electron chi connectivity index (χ1n) is 10.8. The maximum absolute atomic E-state index is 12.9. The Morgan fingerprint density at radius 2 is 1.73 bits per heavy atom. The molecule has 2 aliphatic heterocycles. The Morgan fingerprint density at radius 3 is 2.40 bits per heavy atom. The van der Waals surface area contributed by atoms with Crippen LogP contribution in [0.25, 0.3) is 0 Å². The topological polar surface area (TPSA) is 86.0 Å². The predicted octanol–water partition coefficient (Wildman–Crippen LogP) is 2.58. The predicted molar refractivity (Wildman–Crippen MR) is 111 cm³/mol. The van der Waals surface area contributed by atoms with E-state index in [4.69, 9.17) is 4.42 Å². The van der Waals surface area contributed by atoms with E-state index in [0.717, 1.165) is 36.3 Å². The van der Waals surface area contributed by atoms with E-state index in [1.165, 1.54) is 0 Å². The SMILES string of the molecule is O=C(c1ccc(C2CCc3occc3N2)cc1)N1CCN(C(=O)C2(O)CCC2)CC1. The highest BCUT2D eigenvalue weighted by molar-refractivity contribution is 5.94. The molecule has 1 unspecified atom stereocenters. The number of amides is 2. The maximum Gasteiger partial charge on any atom is 0.254 e. The van der Waals surface area contributed by atoms with Gasteiger partial charge in [0.25, 0.3) is 11.8 Å². The molecule has 1 saturated carbocycles. The van der Waals surface area contributed by atoms with Gasteiger partial charge in [-0.3, -0.25) is 9.59 Å². The highest BCUT2D eigenvalue weighted by Gasteiger charge is 2.45. The van der Waals surface area contributed by atoms with Gasteiger partial charge in [0.05, 0.1) is 18.0 Å². The molecule has 1 aromatic heterocycles. The summed E-state index contributed by atoms with van der Waals surface area (Å²) in [7, 11) is 0. The summed E-state index contributed by atoms with van der Waals surface area (Å²) >= 11 is 0. The average molecular weight is 409 g/mol. The molecule has 30 heavy (non-hydrogen) atoms. The van der Waals surface area contributed by atoms with Crippen molar-refractivity contribution in [2.45, 2.75) is 43.7 Å². The van der Waals surface area contributed by atoms with Crippen LogP contribution in [-0.4, -0.2) is 58.5 Å². The van der Waals surface area contributed by atoms with Gasteiger partial charge in [-0.15, -0.1) is 0 Å². The number of anilines is 1. The molecule has 0 radical (unpaired) electrons. The lowest BCUT2D eigenvalue weighted by Gasteiger charge is -2.42. The number of benzene rings is 1. The van der Waals surface area contributed by atoms with Crippen LogP contribution in [0.15, 0.2) is 41.0 Å². The summed E-state index contributed by atoms with van der Waals surface area (Å²) in [6, 6.07) is 9.97. The summed E-state index contributed by atoms with van der Waals surface area (Å²) in [6.45, 7) is 1.94.